The van der Waals surface area contributed by atoms with Crippen LogP contribution < -0.4 is 16.0 Å². The van der Waals surface area contributed by atoms with E-state index in [0.717, 1.165) is 52.1 Å². The van der Waals surface area contributed by atoms with E-state index in [1.807, 2.05) is 25.7 Å². The van der Waals surface area contributed by atoms with Crippen molar-refractivity contribution >= 4 is 18.0 Å². The third-order valence-electron chi connectivity index (χ3n) is 5.48. The SMILES string of the molecule is CCC(CC)(CNC(=NC)NCCN1CCN(C(C)=O)CC1)NC(=O)OC(C)(C)C. The molecule has 0 bridgehead atoms. The first-order valence-corrected chi connectivity index (χ1v) is 11.0. The van der Waals surface area contributed by atoms with Crippen molar-refractivity contribution in [3.63, 3.8) is 0 Å². The number of hydrogen-bond acceptors (Lipinski definition) is 5. The smallest absolute Gasteiger partial charge is 0.408 e. The highest BCUT2D eigenvalue weighted by atomic mass is 16.6. The van der Waals surface area contributed by atoms with E-state index in [4.69, 9.17) is 4.74 Å². The van der Waals surface area contributed by atoms with E-state index in [1.54, 1.807) is 14.0 Å². The number of ether oxygens (including phenoxy) is 1. The van der Waals surface area contributed by atoms with Crippen LogP contribution in [0.25, 0.3) is 0 Å². The fraction of sp³-hybridized carbons (Fsp3) is 0.857. The topological polar surface area (TPSA) is 98.3 Å². The van der Waals surface area contributed by atoms with E-state index < -0.39 is 17.2 Å². The third-order valence-corrected chi connectivity index (χ3v) is 5.48. The van der Waals surface area contributed by atoms with Crippen molar-refractivity contribution in [3.05, 3.63) is 0 Å². The summed E-state index contributed by atoms with van der Waals surface area (Å²) in [5.41, 5.74) is -0.943. The van der Waals surface area contributed by atoms with Crippen molar-refractivity contribution in [2.45, 2.75) is 65.5 Å². The van der Waals surface area contributed by atoms with Gasteiger partial charge in [0.2, 0.25) is 5.91 Å². The molecule has 174 valence electrons. The van der Waals surface area contributed by atoms with E-state index in [1.165, 1.54) is 0 Å². The van der Waals surface area contributed by atoms with Gasteiger partial charge in [-0.15, -0.1) is 0 Å². The molecule has 0 atom stereocenters. The second-order valence-electron chi connectivity index (χ2n) is 8.81. The molecule has 1 aliphatic heterocycles. The van der Waals surface area contributed by atoms with Gasteiger partial charge in [-0.05, 0) is 33.6 Å². The zero-order valence-corrected chi connectivity index (χ0v) is 19.9. The summed E-state index contributed by atoms with van der Waals surface area (Å²) in [6.45, 7) is 16.8. The normalized spacial score (nSPS) is 16.2. The molecule has 9 nitrogen and oxygen atoms in total. The molecule has 1 saturated heterocycles. The van der Waals surface area contributed by atoms with Crippen LogP contribution in [0.3, 0.4) is 0 Å². The number of piperazine rings is 1. The lowest BCUT2D eigenvalue weighted by molar-refractivity contribution is -0.130. The summed E-state index contributed by atoms with van der Waals surface area (Å²) in [5, 5.41) is 9.71. The van der Waals surface area contributed by atoms with Crippen LogP contribution in [0.1, 0.15) is 54.4 Å². The molecule has 0 aliphatic carbocycles. The van der Waals surface area contributed by atoms with Gasteiger partial charge in [-0.25, -0.2) is 4.79 Å². The highest BCUT2D eigenvalue weighted by Gasteiger charge is 2.30. The summed E-state index contributed by atoms with van der Waals surface area (Å²) < 4.78 is 5.43. The maximum absolute atomic E-state index is 12.3. The number of guanidine groups is 1. The van der Waals surface area contributed by atoms with Crippen LogP contribution in [-0.4, -0.2) is 91.8 Å². The second kappa shape index (κ2) is 12.0. The molecule has 1 fully saturated rings. The van der Waals surface area contributed by atoms with Crippen molar-refractivity contribution in [2.24, 2.45) is 4.99 Å². The number of nitrogens with zero attached hydrogens (tertiary/aromatic N) is 3. The van der Waals surface area contributed by atoms with Crippen LogP contribution in [0.2, 0.25) is 0 Å². The minimum atomic E-state index is -0.530. The Bertz CT molecular complexity index is 576. The molecule has 1 rings (SSSR count). The summed E-state index contributed by atoms with van der Waals surface area (Å²) >= 11 is 0. The molecular weight excluding hydrogens is 384 g/mol. The fourth-order valence-corrected chi connectivity index (χ4v) is 3.33. The van der Waals surface area contributed by atoms with Crippen LogP contribution >= 0.6 is 0 Å². The van der Waals surface area contributed by atoms with Gasteiger partial charge in [0, 0.05) is 59.8 Å². The Labute approximate surface area is 182 Å². The first-order chi connectivity index (χ1) is 14.0. The molecular formula is C21H42N6O3. The summed E-state index contributed by atoms with van der Waals surface area (Å²) in [4.78, 5) is 32.2. The van der Waals surface area contributed by atoms with E-state index in [-0.39, 0.29) is 5.91 Å². The van der Waals surface area contributed by atoms with Gasteiger partial charge >= 0.3 is 6.09 Å². The molecule has 0 aromatic rings. The number of hydrogen-bond donors (Lipinski definition) is 3. The molecule has 0 radical (unpaired) electrons. The van der Waals surface area contributed by atoms with Crippen LogP contribution in [0.5, 0.6) is 0 Å². The Kier molecular flexibility index (Phi) is 10.4. The molecule has 1 aliphatic rings. The van der Waals surface area contributed by atoms with Crippen molar-refractivity contribution in [3.8, 4) is 0 Å². The maximum Gasteiger partial charge on any atom is 0.408 e. The summed E-state index contributed by atoms with van der Waals surface area (Å²) in [6, 6.07) is 0. The predicted octanol–water partition coefficient (Wildman–Crippen LogP) is 1.40. The number of rotatable bonds is 8. The van der Waals surface area contributed by atoms with Gasteiger partial charge in [0.25, 0.3) is 0 Å². The predicted molar refractivity (Wildman–Crippen MR) is 121 cm³/mol. The number of alkyl carbamates (subject to hydrolysis) is 1. The van der Waals surface area contributed by atoms with Crippen LogP contribution in [0.4, 0.5) is 4.79 Å². The standard InChI is InChI=1S/C21H42N6O3/c1-8-21(9-2,25-19(29)30-20(4,5)6)16-24-18(22-7)23-10-11-26-12-14-27(15-13-26)17(3)28/h8-16H2,1-7H3,(H,25,29)(H2,22,23,24). The molecule has 0 saturated carbocycles. The summed E-state index contributed by atoms with van der Waals surface area (Å²) in [7, 11) is 1.74. The quantitative estimate of drug-likeness (QED) is 0.401. The van der Waals surface area contributed by atoms with Crippen molar-refractivity contribution < 1.29 is 14.3 Å². The lowest BCUT2D eigenvalue weighted by atomic mass is 9.93. The molecule has 3 N–H and O–H groups in total. The third kappa shape index (κ3) is 9.19. The number of amides is 2. The van der Waals surface area contributed by atoms with Gasteiger partial charge in [-0.2, -0.15) is 0 Å². The molecule has 9 heteroatoms. The van der Waals surface area contributed by atoms with Gasteiger partial charge in [0.15, 0.2) is 5.96 Å². The minimum Gasteiger partial charge on any atom is -0.444 e. The van der Waals surface area contributed by atoms with Crippen molar-refractivity contribution in [1.82, 2.24) is 25.8 Å². The maximum atomic E-state index is 12.3. The Morgan fingerprint density at radius 1 is 1.03 bits per heavy atom. The Balaban J connectivity index is 2.46. The second-order valence-corrected chi connectivity index (χ2v) is 8.81. The molecule has 0 spiro atoms. The monoisotopic (exact) mass is 426 g/mol. The van der Waals surface area contributed by atoms with Gasteiger partial charge in [-0.1, -0.05) is 13.8 Å². The molecule has 1 heterocycles. The van der Waals surface area contributed by atoms with Crippen molar-refractivity contribution in [1.29, 1.82) is 0 Å². The summed E-state index contributed by atoms with van der Waals surface area (Å²) in [6.07, 6.45) is 1.14. The largest absolute Gasteiger partial charge is 0.444 e. The van der Waals surface area contributed by atoms with E-state index >= 15 is 0 Å². The van der Waals surface area contributed by atoms with Crippen molar-refractivity contribution in [2.75, 3.05) is 52.9 Å². The lowest BCUT2D eigenvalue weighted by Gasteiger charge is -2.35. The Morgan fingerprint density at radius 3 is 2.10 bits per heavy atom. The van der Waals surface area contributed by atoms with Gasteiger partial charge < -0.3 is 25.6 Å². The van der Waals surface area contributed by atoms with E-state index in [2.05, 4.69) is 39.7 Å². The average Bonchev–Trinajstić information content (AvgIpc) is 2.68. The first-order valence-electron chi connectivity index (χ1n) is 11.0. The first kappa shape index (κ1) is 26.0. The number of nitrogens with one attached hydrogen (secondary N) is 3. The van der Waals surface area contributed by atoms with Gasteiger partial charge in [0.05, 0.1) is 5.54 Å². The van der Waals surface area contributed by atoms with Gasteiger partial charge in [-0.3, -0.25) is 14.7 Å². The molecule has 0 aromatic carbocycles. The molecule has 0 unspecified atom stereocenters. The van der Waals surface area contributed by atoms with E-state index in [0.29, 0.717) is 12.5 Å². The highest BCUT2D eigenvalue weighted by molar-refractivity contribution is 5.79. The molecule has 0 aromatic heterocycles. The average molecular weight is 427 g/mol. The molecule has 30 heavy (non-hydrogen) atoms. The number of carbonyl (C=O) groups is 2. The minimum absolute atomic E-state index is 0.146. The Hall–Kier alpha value is -2.03. The highest BCUT2D eigenvalue weighted by Crippen LogP contribution is 2.16. The lowest BCUT2D eigenvalue weighted by Crippen LogP contribution is -2.57. The van der Waals surface area contributed by atoms with Crippen LogP contribution in [0.15, 0.2) is 4.99 Å². The zero-order valence-electron chi connectivity index (χ0n) is 19.9. The van der Waals surface area contributed by atoms with Crippen LogP contribution in [0, 0.1) is 0 Å². The van der Waals surface area contributed by atoms with Crippen LogP contribution in [-0.2, 0) is 9.53 Å². The van der Waals surface area contributed by atoms with Gasteiger partial charge in [0.1, 0.15) is 5.60 Å². The van der Waals surface area contributed by atoms with E-state index in [9.17, 15) is 9.59 Å². The zero-order chi connectivity index (χ0) is 22.8. The fourth-order valence-electron chi connectivity index (χ4n) is 3.33. The number of carbonyl (C=O) groups excluding carboxylic acids is 2. The Morgan fingerprint density at radius 2 is 1.63 bits per heavy atom. The summed E-state index contributed by atoms with van der Waals surface area (Å²) in [5.74, 6) is 0.849. The molecule has 2 amide bonds. The number of aliphatic imine (C=N–C) groups is 1.